The number of anilines is 1. The molecule has 0 fully saturated rings. The lowest BCUT2D eigenvalue weighted by Gasteiger charge is -2.18. The zero-order valence-corrected chi connectivity index (χ0v) is 22.2. The van der Waals surface area contributed by atoms with Crippen LogP contribution in [0.15, 0.2) is 103 Å². The number of hydrogen-bond donors (Lipinski definition) is 2. The van der Waals surface area contributed by atoms with E-state index < -0.39 is 6.10 Å². The smallest absolute Gasteiger partial charge is 0.274 e. The van der Waals surface area contributed by atoms with E-state index in [1.807, 2.05) is 68.4 Å². The Morgan fingerprint density at radius 2 is 1.75 bits per heavy atom. The van der Waals surface area contributed by atoms with Crippen LogP contribution in [0.5, 0.6) is 5.75 Å². The van der Waals surface area contributed by atoms with Crippen molar-refractivity contribution in [2.24, 2.45) is 0 Å². The van der Waals surface area contributed by atoms with Crippen molar-refractivity contribution in [3.05, 3.63) is 148 Å². The highest BCUT2D eigenvalue weighted by Crippen LogP contribution is 2.31. The van der Waals surface area contributed by atoms with Crippen molar-refractivity contribution in [1.82, 2.24) is 9.78 Å². The number of ether oxygens (including phenoxy) is 1. The highest BCUT2D eigenvalue weighted by molar-refractivity contribution is 6.03. The summed E-state index contributed by atoms with van der Waals surface area (Å²) in [7, 11) is 0. The topological polar surface area (TPSA) is 80.7 Å². The van der Waals surface area contributed by atoms with Crippen LogP contribution in [0.2, 0.25) is 0 Å². The second-order valence-electron chi connectivity index (χ2n) is 9.44. The molecule has 0 aliphatic carbocycles. The molecule has 1 atom stereocenters. The summed E-state index contributed by atoms with van der Waals surface area (Å²) in [5.41, 5.74) is 5.91. The number of benzene rings is 4. The SMILES string of the molecule is [C-]#[N+]c1cccc(-n2nc(C)cc2C(=O)Nc2cccc(C(O)c3cccc(OCc4ccccc4)c3C)c2)c1. The van der Waals surface area contributed by atoms with Crippen LogP contribution in [0, 0.1) is 20.4 Å². The molecule has 7 heteroatoms. The maximum absolute atomic E-state index is 13.3. The van der Waals surface area contributed by atoms with Gasteiger partial charge in [0.1, 0.15) is 24.2 Å². The molecule has 5 rings (SSSR count). The molecule has 0 saturated carbocycles. The van der Waals surface area contributed by atoms with Crippen molar-refractivity contribution in [3.8, 4) is 11.4 Å². The fourth-order valence-corrected chi connectivity index (χ4v) is 4.53. The summed E-state index contributed by atoms with van der Waals surface area (Å²) in [5.74, 6) is 0.351. The Kier molecular flexibility index (Phi) is 7.72. The molecule has 0 saturated heterocycles. The van der Waals surface area contributed by atoms with E-state index in [9.17, 15) is 9.90 Å². The average Bonchev–Trinajstić information content (AvgIpc) is 3.39. The van der Waals surface area contributed by atoms with Gasteiger partial charge in [-0.25, -0.2) is 9.53 Å². The summed E-state index contributed by atoms with van der Waals surface area (Å²) in [5, 5.41) is 18.7. The number of nitrogens with zero attached hydrogens (tertiary/aromatic N) is 3. The summed E-state index contributed by atoms with van der Waals surface area (Å²) in [6.07, 6.45) is -0.915. The van der Waals surface area contributed by atoms with Crippen molar-refractivity contribution >= 4 is 17.3 Å². The standard InChI is InChI=1S/C33H28N4O3/c1-22-18-30(37(36-22)28-15-8-13-26(20-28)34-3)33(39)35-27-14-7-12-25(19-27)32(38)29-16-9-17-31(23(29)2)40-21-24-10-5-4-6-11-24/h4-20,32,38H,21H2,1-2H3,(H,35,39). The highest BCUT2D eigenvalue weighted by Gasteiger charge is 2.19. The van der Waals surface area contributed by atoms with Crippen molar-refractivity contribution in [2.75, 3.05) is 5.32 Å². The number of carbonyl (C=O) groups excluding carboxylic acids is 1. The van der Waals surface area contributed by atoms with Gasteiger partial charge >= 0.3 is 0 Å². The zero-order chi connectivity index (χ0) is 28.1. The van der Waals surface area contributed by atoms with Gasteiger partial charge in [-0.2, -0.15) is 5.10 Å². The first kappa shape index (κ1) is 26.4. The third-order valence-electron chi connectivity index (χ3n) is 6.59. The Morgan fingerprint density at radius 3 is 2.55 bits per heavy atom. The number of amides is 1. The fraction of sp³-hybridized carbons (Fsp3) is 0.121. The predicted octanol–water partition coefficient (Wildman–Crippen LogP) is 6.95. The van der Waals surface area contributed by atoms with E-state index in [1.165, 1.54) is 4.68 Å². The Labute approximate surface area is 233 Å². The molecular weight excluding hydrogens is 500 g/mol. The zero-order valence-electron chi connectivity index (χ0n) is 22.2. The van der Waals surface area contributed by atoms with E-state index >= 15 is 0 Å². The first-order valence-corrected chi connectivity index (χ1v) is 12.8. The lowest BCUT2D eigenvalue weighted by molar-refractivity contribution is 0.101. The molecule has 1 amide bonds. The number of rotatable bonds is 8. The fourth-order valence-electron chi connectivity index (χ4n) is 4.53. The molecule has 198 valence electrons. The third-order valence-corrected chi connectivity index (χ3v) is 6.59. The van der Waals surface area contributed by atoms with Crippen LogP contribution in [0.3, 0.4) is 0 Å². The third kappa shape index (κ3) is 5.78. The maximum atomic E-state index is 13.3. The summed E-state index contributed by atoms with van der Waals surface area (Å²) in [4.78, 5) is 16.8. The number of nitrogens with one attached hydrogen (secondary N) is 1. The second-order valence-corrected chi connectivity index (χ2v) is 9.44. The van der Waals surface area contributed by atoms with Crippen LogP contribution < -0.4 is 10.1 Å². The van der Waals surface area contributed by atoms with Gasteiger partial charge in [0.15, 0.2) is 5.69 Å². The molecule has 7 nitrogen and oxygen atoms in total. The second kappa shape index (κ2) is 11.7. The van der Waals surface area contributed by atoms with Gasteiger partial charge in [0.25, 0.3) is 5.91 Å². The lowest BCUT2D eigenvalue weighted by Crippen LogP contribution is -2.17. The number of aromatic nitrogens is 2. The molecule has 4 aromatic carbocycles. The lowest BCUT2D eigenvalue weighted by atomic mass is 9.96. The van der Waals surface area contributed by atoms with Gasteiger partial charge in [-0.05, 0) is 72.5 Å². The first-order chi connectivity index (χ1) is 19.4. The number of aliphatic hydroxyl groups is 1. The largest absolute Gasteiger partial charge is 0.489 e. The summed E-state index contributed by atoms with van der Waals surface area (Å²) in [6, 6.07) is 31.3. The van der Waals surface area contributed by atoms with E-state index in [1.54, 1.807) is 48.5 Å². The minimum Gasteiger partial charge on any atom is -0.489 e. The van der Waals surface area contributed by atoms with Gasteiger partial charge in [-0.1, -0.05) is 66.7 Å². The molecule has 1 heterocycles. The molecule has 40 heavy (non-hydrogen) atoms. The Hall–Kier alpha value is -5.19. The van der Waals surface area contributed by atoms with E-state index in [4.69, 9.17) is 11.3 Å². The highest BCUT2D eigenvalue weighted by atomic mass is 16.5. The Balaban J connectivity index is 1.35. The minimum absolute atomic E-state index is 0.338. The number of carbonyl (C=O) groups is 1. The quantitative estimate of drug-likeness (QED) is 0.214. The molecule has 0 aliphatic heterocycles. The van der Waals surface area contributed by atoms with Crippen LogP contribution in [0.25, 0.3) is 10.5 Å². The van der Waals surface area contributed by atoms with Crippen molar-refractivity contribution < 1.29 is 14.6 Å². The van der Waals surface area contributed by atoms with Crippen molar-refractivity contribution in [1.29, 1.82) is 0 Å². The molecule has 1 aromatic heterocycles. The van der Waals surface area contributed by atoms with Crippen LogP contribution in [0.4, 0.5) is 11.4 Å². The number of aliphatic hydroxyl groups excluding tert-OH is 1. The van der Waals surface area contributed by atoms with Crippen LogP contribution in [-0.2, 0) is 6.61 Å². The van der Waals surface area contributed by atoms with Gasteiger partial charge < -0.3 is 15.2 Å². The predicted molar refractivity (Wildman–Crippen MR) is 155 cm³/mol. The van der Waals surface area contributed by atoms with Gasteiger partial charge in [0, 0.05) is 5.69 Å². The molecule has 5 aromatic rings. The normalized spacial score (nSPS) is 11.4. The van der Waals surface area contributed by atoms with E-state index in [0.717, 1.165) is 16.7 Å². The summed E-state index contributed by atoms with van der Waals surface area (Å²) >= 11 is 0. The van der Waals surface area contributed by atoms with Crippen LogP contribution in [0.1, 0.15) is 44.5 Å². The van der Waals surface area contributed by atoms with Gasteiger partial charge in [-0.15, -0.1) is 0 Å². The van der Waals surface area contributed by atoms with Crippen LogP contribution in [-0.4, -0.2) is 20.8 Å². The summed E-state index contributed by atoms with van der Waals surface area (Å²) in [6.45, 7) is 11.4. The minimum atomic E-state index is -0.915. The van der Waals surface area contributed by atoms with E-state index in [-0.39, 0.29) is 5.91 Å². The molecular formula is C33H28N4O3. The van der Waals surface area contributed by atoms with Gasteiger partial charge in [0.05, 0.1) is 18.0 Å². The van der Waals surface area contributed by atoms with Crippen molar-refractivity contribution in [3.63, 3.8) is 0 Å². The summed E-state index contributed by atoms with van der Waals surface area (Å²) < 4.78 is 7.58. The van der Waals surface area contributed by atoms with Gasteiger partial charge in [0.2, 0.25) is 0 Å². The molecule has 0 bridgehead atoms. The number of hydrogen-bond acceptors (Lipinski definition) is 4. The maximum Gasteiger partial charge on any atom is 0.274 e. The van der Waals surface area contributed by atoms with E-state index in [2.05, 4.69) is 15.3 Å². The average molecular weight is 529 g/mol. The molecule has 0 aliphatic rings. The monoisotopic (exact) mass is 528 g/mol. The number of aryl methyl sites for hydroxylation is 1. The van der Waals surface area contributed by atoms with Crippen LogP contribution >= 0.6 is 0 Å². The Bertz CT molecular complexity index is 1700. The Morgan fingerprint density at radius 1 is 0.975 bits per heavy atom. The van der Waals surface area contributed by atoms with Gasteiger partial charge in [-0.3, -0.25) is 4.79 Å². The molecule has 0 radical (unpaired) electrons. The first-order valence-electron chi connectivity index (χ1n) is 12.8. The molecule has 0 spiro atoms. The van der Waals surface area contributed by atoms with Crippen molar-refractivity contribution in [2.45, 2.75) is 26.6 Å². The van der Waals surface area contributed by atoms with E-state index in [0.29, 0.717) is 46.4 Å². The molecule has 1 unspecified atom stereocenters. The molecule has 2 N–H and O–H groups in total.